The first kappa shape index (κ1) is 25.8. The molecule has 174 valence electrons. The Labute approximate surface area is 174 Å². The predicted molar refractivity (Wildman–Crippen MR) is 98.9 cm³/mol. The van der Waals surface area contributed by atoms with Crippen molar-refractivity contribution in [1.82, 2.24) is 4.90 Å². The van der Waals surface area contributed by atoms with Gasteiger partial charge in [0.2, 0.25) is 0 Å². The quantitative estimate of drug-likeness (QED) is 0.178. The van der Waals surface area contributed by atoms with Crippen LogP contribution in [0.2, 0.25) is 0 Å². The summed E-state index contributed by atoms with van der Waals surface area (Å²) in [5.74, 6) is 1.84. The Balaban J connectivity index is 2.16. The van der Waals surface area contributed by atoms with Crippen LogP contribution in [0.3, 0.4) is 0 Å². The maximum atomic E-state index is 14.7. The largest absolute Gasteiger partial charge is 0.490 e. The fraction of sp³-hybridized carbons (Fsp3) is 0.417. The minimum absolute atomic E-state index is 0.0473. The van der Waals surface area contributed by atoms with Crippen LogP contribution >= 0.6 is 23.5 Å². The summed E-state index contributed by atoms with van der Waals surface area (Å²) < 4.78 is 65.4. The zero-order valence-electron chi connectivity index (χ0n) is 15.2. The smallest absolute Gasteiger partial charge is 0.386 e. The molecule has 0 aromatic heterocycles. The van der Waals surface area contributed by atoms with Gasteiger partial charge in [-0.15, -0.1) is 6.42 Å². The number of phosphoric ester groups is 1. The molecular weight excluding hydrogens is 490 g/mol. The van der Waals surface area contributed by atoms with E-state index in [2.05, 4.69) is 24.7 Å². The Morgan fingerprint density at radius 3 is 2.45 bits per heavy atom. The van der Waals surface area contributed by atoms with Crippen molar-refractivity contribution < 1.29 is 60.6 Å². The van der Waals surface area contributed by atoms with Crippen LogP contribution in [0.5, 0.6) is 0 Å². The van der Waals surface area contributed by atoms with Gasteiger partial charge >= 0.3 is 23.5 Å². The number of terminal acetylenes is 1. The van der Waals surface area contributed by atoms with Crippen molar-refractivity contribution in [3.63, 3.8) is 0 Å². The molecule has 31 heavy (non-hydrogen) atoms. The highest BCUT2D eigenvalue weighted by atomic mass is 31.3. The number of nitrogens with zero attached hydrogens (tertiary/aromatic N) is 2. The number of aliphatic hydroxyl groups is 1. The van der Waals surface area contributed by atoms with E-state index in [0.29, 0.717) is 0 Å². The second-order valence-electron chi connectivity index (χ2n) is 5.97. The van der Waals surface area contributed by atoms with Gasteiger partial charge in [0.25, 0.3) is 0 Å². The molecule has 2 aliphatic rings. The van der Waals surface area contributed by atoms with Gasteiger partial charge < -0.3 is 40.1 Å². The van der Waals surface area contributed by atoms with E-state index >= 15 is 0 Å². The fourth-order valence-corrected chi connectivity index (χ4v) is 5.50. The molecule has 1 saturated heterocycles. The van der Waals surface area contributed by atoms with Crippen molar-refractivity contribution in [2.45, 2.75) is 24.1 Å². The van der Waals surface area contributed by atoms with Crippen LogP contribution in [0, 0.1) is 12.3 Å². The van der Waals surface area contributed by atoms with Crippen molar-refractivity contribution in [2.75, 3.05) is 6.61 Å². The number of rotatable bonds is 8. The molecule has 0 amide bonds. The highest BCUT2D eigenvalue weighted by Crippen LogP contribution is 2.66. The number of halogens is 1. The summed E-state index contributed by atoms with van der Waals surface area (Å²) in [6, 6.07) is 0. The number of nitrogens with two attached hydrogens (primary N) is 1. The first-order valence-electron chi connectivity index (χ1n) is 7.76. The van der Waals surface area contributed by atoms with E-state index in [1.165, 1.54) is 12.3 Å². The number of alkyl halides is 1. The number of hydrogen-bond donors (Lipinski definition) is 6. The molecule has 0 radical (unpaired) electrons. The molecule has 15 nitrogen and oxygen atoms in total. The molecule has 2 rings (SSSR count). The minimum Gasteiger partial charge on any atom is -0.386 e. The van der Waals surface area contributed by atoms with Crippen molar-refractivity contribution >= 4 is 29.3 Å². The average Bonchev–Trinajstić information content (AvgIpc) is 2.82. The topological polar surface area (TPSA) is 231 Å². The zero-order valence-corrected chi connectivity index (χ0v) is 17.8. The summed E-state index contributed by atoms with van der Waals surface area (Å²) in [6.07, 6.45) is 1.77. The molecule has 0 saturated carbocycles. The SMILES string of the molecule is C#C[C@]1(COP(=O)(O)OP(=O)(O)OP(=O)(O)O)O[C@@H](N2C=CC(N)=NC2=C)[C@@H](F)[C@@H]1O. The van der Waals surface area contributed by atoms with Crippen LogP contribution in [0.15, 0.2) is 29.7 Å². The van der Waals surface area contributed by atoms with Crippen LogP contribution in [0.4, 0.5) is 4.39 Å². The van der Waals surface area contributed by atoms with E-state index in [-0.39, 0.29) is 11.7 Å². The molecule has 2 aliphatic heterocycles. The van der Waals surface area contributed by atoms with Crippen molar-refractivity contribution in [3.8, 4) is 12.3 Å². The van der Waals surface area contributed by atoms with E-state index in [1.807, 2.05) is 5.92 Å². The monoisotopic (exact) mass is 507 g/mol. The molecule has 1 fully saturated rings. The Bertz CT molecular complexity index is 991. The number of aliphatic imine (C=N–C) groups is 1. The van der Waals surface area contributed by atoms with Gasteiger partial charge in [-0.1, -0.05) is 12.5 Å². The van der Waals surface area contributed by atoms with Crippen LogP contribution in [0.25, 0.3) is 0 Å². The lowest BCUT2D eigenvalue weighted by molar-refractivity contribution is -0.0984. The third-order valence-corrected chi connectivity index (χ3v) is 7.50. The fourth-order valence-electron chi connectivity index (χ4n) is 2.45. The van der Waals surface area contributed by atoms with E-state index in [1.54, 1.807) is 0 Å². The summed E-state index contributed by atoms with van der Waals surface area (Å²) in [6.45, 7) is 2.27. The Morgan fingerprint density at radius 1 is 1.32 bits per heavy atom. The number of aliphatic hydroxyl groups excluding tert-OH is 1. The molecule has 0 aromatic carbocycles. The van der Waals surface area contributed by atoms with Crippen LogP contribution in [0.1, 0.15) is 0 Å². The van der Waals surface area contributed by atoms with E-state index in [9.17, 15) is 28.1 Å². The number of phosphoric acid groups is 3. The average molecular weight is 507 g/mol. The van der Waals surface area contributed by atoms with Crippen molar-refractivity contribution in [1.29, 1.82) is 0 Å². The molecule has 6 atom stereocenters. The molecule has 0 aliphatic carbocycles. The minimum atomic E-state index is -5.79. The summed E-state index contributed by atoms with van der Waals surface area (Å²) >= 11 is 0. The molecule has 7 N–H and O–H groups in total. The van der Waals surface area contributed by atoms with Gasteiger partial charge in [0.15, 0.2) is 18.0 Å². The van der Waals surface area contributed by atoms with Gasteiger partial charge in [0, 0.05) is 6.20 Å². The van der Waals surface area contributed by atoms with Crippen molar-refractivity contribution in [3.05, 3.63) is 24.7 Å². The van der Waals surface area contributed by atoms with Crippen LogP contribution < -0.4 is 5.73 Å². The third kappa shape index (κ3) is 6.30. The van der Waals surface area contributed by atoms with Gasteiger partial charge in [-0.25, -0.2) is 23.1 Å². The number of hydrogen-bond acceptors (Lipinski definition) is 11. The summed E-state index contributed by atoms with van der Waals surface area (Å²) in [5.41, 5.74) is 3.07. The Morgan fingerprint density at radius 2 is 1.94 bits per heavy atom. The molecule has 19 heteroatoms. The highest BCUT2D eigenvalue weighted by molar-refractivity contribution is 7.66. The van der Waals surface area contributed by atoms with Gasteiger partial charge in [-0.05, 0) is 6.08 Å². The maximum absolute atomic E-state index is 14.7. The number of ether oxygens (including phenoxy) is 1. The standard InChI is InChI=1S/C12H17FN3O12P3/c1-3-12(6-25-30(21,22)28-31(23,24)27-29(18,19)20)10(17)9(13)11(26-12)16-5-4-8(14)15-7(16)2/h1,4-5,9-11,17H,2,6H2,(H2,14,15)(H,21,22)(H,23,24)(H2,18,19,20)/t9-,10-,11+,12+/m0/s1. The highest BCUT2D eigenvalue weighted by Gasteiger charge is 2.58. The normalized spacial score (nSPS) is 32.8. The second kappa shape index (κ2) is 8.84. The lowest BCUT2D eigenvalue weighted by Gasteiger charge is -2.31. The van der Waals surface area contributed by atoms with Gasteiger partial charge in [0.05, 0.1) is 0 Å². The molecule has 2 unspecified atom stereocenters. The summed E-state index contributed by atoms with van der Waals surface area (Å²) in [4.78, 5) is 40.5. The van der Waals surface area contributed by atoms with E-state index in [4.69, 9.17) is 31.6 Å². The van der Waals surface area contributed by atoms with E-state index < -0.39 is 54.2 Å². The molecule has 2 heterocycles. The Hall–Kier alpha value is -1.43. The summed E-state index contributed by atoms with van der Waals surface area (Å²) in [7, 11) is -17.0. The molecule has 0 aromatic rings. The van der Waals surface area contributed by atoms with Crippen LogP contribution in [-0.4, -0.2) is 66.1 Å². The van der Waals surface area contributed by atoms with Gasteiger partial charge in [-0.2, -0.15) is 8.62 Å². The number of amidine groups is 1. The maximum Gasteiger partial charge on any atom is 0.490 e. The molecule has 0 spiro atoms. The molecular formula is C12H17FN3O12P3. The Kier molecular flexibility index (Phi) is 7.36. The lowest BCUT2D eigenvalue weighted by atomic mass is 9.98. The van der Waals surface area contributed by atoms with Gasteiger partial charge in [-0.3, -0.25) is 4.52 Å². The first-order valence-corrected chi connectivity index (χ1v) is 12.3. The first-order chi connectivity index (χ1) is 14.0. The second-order valence-corrected chi connectivity index (χ2v) is 10.4. The predicted octanol–water partition coefficient (Wildman–Crippen LogP) is -0.585. The molecule has 0 bridgehead atoms. The lowest BCUT2D eigenvalue weighted by Crippen LogP contribution is -2.44. The van der Waals surface area contributed by atoms with Gasteiger partial charge in [0.1, 0.15) is 24.4 Å². The third-order valence-electron chi connectivity index (χ3n) is 3.72. The summed E-state index contributed by atoms with van der Waals surface area (Å²) in [5, 5.41) is 10.2. The van der Waals surface area contributed by atoms with E-state index in [0.717, 1.165) is 4.90 Å². The van der Waals surface area contributed by atoms with Crippen molar-refractivity contribution in [2.24, 2.45) is 10.7 Å². The van der Waals surface area contributed by atoms with Crippen LogP contribution in [-0.2, 0) is 31.6 Å². The zero-order chi connectivity index (χ0) is 23.8.